The summed E-state index contributed by atoms with van der Waals surface area (Å²) in [4.78, 5) is 24.6. The highest BCUT2D eigenvalue weighted by atomic mass is 16.7. The maximum absolute atomic E-state index is 12.8. The van der Waals surface area contributed by atoms with Crippen LogP contribution in [0.25, 0.3) is 6.08 Å². The fourth-order valence-electron chi connectivity index (χ4n) is 3.10. The average molecular weight is 495 g/mol. The second-order valence-electron chi connectivity index (χ2n) is 9.35. The molecule has 0 bridgehead atoms. The van der Waals surface area contributed by atoms with Crippen LogP contribution >= 0.6 is 0 Å². The Kier molecular flexibility index (Phi) is 11.3. The van der Waals surface area contributed by atoms with Gasteiger partial charge in [0.25, 0.3) is 0 Å². The highest BCUT2D eigenvalue weighted by molar-refractivity contribution is 6.07. The number of rotatable bonds is 14. The predicted molar refractivity (Wildman–Crippen MR) is 143 cm³/mol. The van der Waals surface area contributed by atoms with Gasteiger partial charge in [-0.25, -0.2) is 0 Å². The summed E-state index contributed by atoms with van der Waals surface area (Å²) in [5, 5.41) is 0. The number of esters is 1. The zero-order valence-electron chi connectivity index (χ0n) is 22.1. The molecule has 194 valence electrons. The third-order valence-electron chi connectivity index (χ3n) is 5.06. The maximum Gasteiger partial charge on any atom is 0.314 e. The summed E-state index contributed by atoms with van der Waals surface area (Å²) in [7, 11) is 0. The third-order valence-corrected chi connectivity index (χ3v) is 5.06. The van der Waals surface area contributed by atoms with E-state index in [1.54, 1.807) is 51.1 Å². The van der Waals surface area contributed by atoms with Crippen molar-refractivity contribution >= 4 is 17.8 Å². The molecule has 36 heavy (non-hydrogen) atoms. The first-order valence-corrected chi connectivity index (χ1v) is 12.4. The summed E-state index contributed by atoms with van der Waals surface area (Å²) in [6.07, 6.45) is 7.53. The van der Waals surface area contributed by atoms with E-state index in [2.05, 4.69) is 13.5 Å². The molecule has 0 saturated heterocycles. The minimum Gasteiger partial charge on any atom is -0.493 e. The van der Waals surface area contributed by atoms with Crippen LogP contribution in [0, 0.1) is 5.41 Å². The van der Waals surface area contributed by atoms with E-state index < -0.39 is 5.41 Å². The topological polar surface area (TPSA) is 71.1 Å². The molecule has 0 unspecified atom stereocenters. The number of allylic oxidation sites excluding steroid dienone is 2. The van der Waals surface area contributed by atoms with Gasteiger partial charge in [-0.2, -0.15) is 0 Å². The van der Waals surface area contributed by atoms with Gasteiger partial charge in [0.2, 0.25) is 6.79 Å². The van der Waals surface area contributed by atoms with Crippen LogP contribution in [0.1, 0.15) is 68.9 Å². The van der Waals surface area contributed by atoms with Crippen molar-refractivity contribution in [1.29, 1.82) is 0 Å². The Morgan fingerprint density at radius 2 is 1.56 bits per heavy atom. The smallest absolute Gasteiger partial charge is 0.314 e. The zero-order chi connectivity index (χ0) is 26.6. The fraction of sp³-hybridized carbons (Fsp3) is 0.400. The van der Waals surface area contributed by atoms with Gasteiger partial charge in [0.05, 0.1) is 18.6 Å². The molecule has 2 aromatic carbocycles. The molecule has 0 atom stereocenters. The lowest BCUT2D eigenvalue weighted by atomic mass is 9.98. The van der Waals surface area contributed by atoms with Crippen molar-refractivity contribution in [3.8, 4) is 17.2 Å². The Morgan fingerprint density at radius 1 is 0.917 bits per heavy atom. The molecule has 2 aromatic rings. The van der Waals surface area contributed by atoms with Gasteiger partial charge in [0.1, 0.15) is 17.2 Å². The summed E-state index contributed by atoms with van der Waals surface area (Å²) >= 11 is 0. The van der Waals surface area contributed by atoms with E-state index in [-0.39, 0.29) is 18.5 Å². The largest absolute Gasteiger partial charge is 0.493 e. The summed E-state index contributed by atoms with van der Waals surface area (Å²) in [5.41, 5.74) is 1.71. The van der Waals surface area contributed by atoms with Gasteiger partial charge in [0.15, 0.2) is 5.78 Å². The Labute approximate surface area is 214 Å². The quantitative estimate of drug-likeness (QED) is 0.0944. The van der Waals surface area contributed by atoms with Gasteiger partial charge in [-0.05, 0) is 88.1 Å². The van der Waals surface area contributed by atoms with Crippen LogP contribution < -0.4 is 14.2 Å². The molecule has 0 N–H and O–H groups in total. The molecule has 0 heterocycles. The number of benzene rings is 2. The van der Waals surface area contributed by atoms with E-state index in [1.807, 2.05) is 25.1 Å². The van der Waals surface area contributed by atoms with Crippen LogP contribution in [0.15, 0.2) is 55.1 Å². The molecule has 0 aliphatic heterocycles. The number of carbonyl (C=O) groups is 2. The first kappa shape index (κ1) is 28.7. The Bertz CT molecular complexity index is 1040. The molecule has 0 aliphatic rings. The van der Waals surface area contributed by atoms with E-state index in [1.165, 1.54) is 6.08 Å². The highest BCUT2D eigenvalue weighted by Crippen LogP contribution is 2.31. The highest BCUT2D eigenvalue weighted by Gasteiger charge is 2.23. The first-order valence-electron chi connectivity index (χ1n) is 12.4. The van der Waals surface area contributed by atoms with Gasteiger partial charge >= 0.3 is 5.97 Å². The van der Waals surface area contributed by atoms with Crippen LogP contribution in [0.4, 0.5) is 0 Å². The van der Waals surface area contributed by atoms with E-state index >= 15 is 0 Å². The maximum atomic E-state index is 12.8. The van der Waals surface area contributed by atoms with Gasteiger partial charge in [-0.15, -0.1) is 6.58 Å². The van der Waals surface area contributed by atoms with Crippen molar-refractivity contribution in [3.63, 3.8) is 0 Å². The summed E-state index contributed by atoms with van der Waals surface area (Å²) in [6, 6.07) is 10.6. The van der Waals surface area contributed by atoms with Gasteiger partial charge in [-0.3, -0.25) is 9.59 Å². The van der Waals surface area contributed by atoms with E-state index in [0.717, 1.165) is 29.7 Å². The van der Waals surface area contributed by atoms with Crippen molar-refractivity contribution in [2.24, 2.45) is 5.41 Å². The number of carbonyl (C=O) groups excluding carboxylic acids is 2. The third kappa shape index (κ3) is 8.91. The molecule has 0 aliphatic carbocycles. The molecule has 0 fully saturated rings. The lowest BCUT2D eigenvalue weighted by molar-refractivity contribution is -0.159. The SMILES string of the molecule is C=CCc1cc(C=CC(=O)c2ccc(OCOC(=O)C(C)(C)C)cc2)c(OCCC)cc1OCCC. The molecule has 6 nitrogen and oxygen atoms in total. The standard InChI is InChI=1S/C30H38O6/c1-7-10-23-19-24(28(34-18-9-3)20-27(23)33-17-8-2)13-16-26(31)22-11-14-25(15-12-22)35-21-36-29(32)30(4,5)6/h7,11-16,19-20H,1,8-10,17-18,21H2,2-6H3. The summed E-state index contributed by atoms with van der Waals surface area (Å²) in [5.74, 6) is 1.45. The van der Waals surface area contributed by atoms with E-state index in [0.29, 0.717) is 36.7 Å². The molecule has 6 heteroatoms. The average Bonchev–Trinajstić information content (AvgIpc) is 2.85. The summed E-state index contributed by atoms with van der Waals surface area (Å²) < 4.78 is 22.4. The van der Waals surface area contributed by atoms with Crippen molar-refractivity contribution in [2.75, 3.05) is 20.0 Å². The minimum atomic E-state index is -0.595. The number of hydrogen-bond donors (Lipinski definition) is 0. The normalized spacial score (nSPS) is 11.2. The Balaban J connectivity index is 2.14. The van der Waals surface area contributed by atoms with Crippen molar-refractivity contribution in [3.05, 3.63) is 71.8 Å². The Morgan fingerprint density at radius 3 is 2.14 bits per heavy atom. The predicted octanol–water partition coefficient (Wildman–Crippen LogP) is 6.81. The fourth-order valence-corrected chi connectivity index (χ4v) is 3.10. The van der Waals surface area contributed by atoms with Crippen LogP contribution in [0.5, 0.6) is 17.2 Å². The van der Waals surface area contributed by atoms with Crippen molar-refractivity contribution in [2.45, 2.75) is 53.9 Å². The number of hydrogen-bond acceptors (Lipinski definition) is 6. The second-order valence-corrected chi connectivity index (χ2v) is 9.35. The van der Waals surface area contributed by atoms with Crippen LogP contribution in [-0.4, -0.2) is 31.8 Å². The van der Waals surface area contributed by atoms with Gasteiger partial charge < -0.3 is 18.9 Å². The second kappa shape index (κ2) is 14.1. The van der Waals surface area contributed by atoms with Gasteiger partial charge in [0, 0.05) is 17.2 Å². The molecular weight excluding hydrogens is 456 g/mol. The minimum absolute atomic E-state index is 0.154. The monoisotopic (exact) mass is 494 g/mol. The molecule has 0 aromatic heterocycles. The number of ether oxygens (including phenoxy) is 4. The molecule has 0 radical (unpaired) electrons. The van der Waals surface area contributed by atoms with Crippen molar-refractivity contribution < 1.29 is 28.5 Å². The van der Waals surface area contributed by atoms with E-state index in [9.17, 15) is 9.59 Å². The first-order chi connectivity index (χ1) is 17.2. The lowest BCUT2D eigenvalue weighted by Gasteiger charge is -2.16. The Hall–Kier alpha value is -3.54. The zero-order valence-corrected chi connectivity index (χ0v) is 22.1. The molecular formula is C30H38O6. The number of ketones is 1. The molecule has 0 amide bonds. The van der Waals surface area contributed by atoms with Gasteiger partial charge in [-0.1, -0.05) is 19.9 Å². The van der Waals surface area contributed by atoms with E-state index in [4.69, 9.17) is 18.9 Å². The lowest BCUT2D eigenvalue weighted by Crippen LogP contribution is -2.24. The van der Waals surface area contributed by atoms with Crippen LogP contribution in [0.2, 0.25) is 0 Å². The van der Waals surface area contributed by atoms with Crippen LogP contribution in [0.3, 0.4) is 0 Å². The molecule has 0 spiro atoms. The van der Waals surface area contributed by atoms with Crippen LogP contribution in [-0.2, 0) is 16.0 Å². The van der Waals surface area contributed by atoms with Crippen molar-refractivity contribution in [1.82, 2.24) is 0 Å². The molecule has 2 rings (SSSR count). The summed E-state index contributed by atoms with van der Waals surface area (Å²) in [6.45, 7) is 14.3. The molecule has 0 saturated carbocycles.